The SMILES string of the molecule is CC1(C)c2cc(-c3cccc(-c4cc(-c5ccccc5)nc(-c5ccc(-c6ccccc6)nc5)n4)c3)ccc2-c2ccc3ccccc3c21.CC1(C)c2ccccc2-c2cc(-c3cccc(-c4cc(-c5ccccc5)nc(-c5ccc(-c6ccccn6)cc5)n4)c3)ccc21.c1ccc(-c2cc(-c3cccc(-c4ccc5c(c4)-c4ccccc4C54c5ccccc5-c5ccccc54)c3)nc(-c3ccc(-c4ccncc4)cc3)n2)cc1. The predicted molar refractivity (Wildman–Crippen MR) is 610 cm³/mol. The fourth-order valence-electron chi connectivity index (χ4n) is 23.0. The fraction of sp³-hybridized carbons (Fsp3) is 0.0500. The van der Waals surface area contributed by atoms with Crippen LogP contribution in [0.25, 0.3) is 224 Å². The standard InChI is InChI=1S/C52H33N3.C46H33N3.C42H31N3/c1-2-11-36(12-3-1)49-33-50(55-51(54-49)37-23-21-34(22-24-37)35-27-29-53-30-28-35)40-14-10-13-38(31-40)39-25-26-48-44(32-39)43-17-6-9-20-47(43)52(48)45-18-7-4-15-41(45)42-16-5-8-19-46(42)52;1-46(2)40-27-34(21-23-38(40)39-24-20-30-12-9-10-19-37(30)44(39)46)33-17-11-18-35(26-33)43-28-42(32-15-7-4-8-16-32)48-45(49-43)36-22-25-41(47-29-36)31-13-5-3-6-14-31;1-42(2)36-16-7-6-15-34(36)35-26-32(22-23-37(35)42)31-13-10-14-33(25-31)40-27-39(28-11-4-3-5-12-28)44-41(45-40)30-20-18-29(19-21-30)38-17-8-9-24-43-38/h1-33H;3-29H,1-2H3;3-27H,1-2H3. The molecule has 0 radical (unpaired) electrons. The quantitative estimate of drug-likeness (QED) is 0.0989. The maximum Gasteiger partial charge on any atom is 0.161 e. The molecule has 6 aromatic heterocycles. The first-order valence-corrected chi connectivity index (χ1v) is 50.9. The number of aromatic nitrogens is 9. The van der Waals surface area contributed by atoms with Crippen LogP contribution >= 0.6 is 0 Å². The van der Waals surface area contributed by atoms with Crippen LogP contribution in [0.5, 0.6) is 0 Å². The number of rotatable bonds is 15. The summed E-state index contributed by atoms with van der Waals surface area (Å²) in [5, 5.41) is 2.63. The Bertz CT molecular complexity index is 9230. The molecule has 0 bridgehead atoms. The van der Waals surface area contributed by atoms with Crippen LogP contribution in [0.15, 0.2) is 516 Å². The Hall–Kier alpha value is -19.1. The van der Waals surface area contributed by atoms with Crippen molar-refractivity contribution in [3.63, 3.8) is 0 Å². The third-order valence-corrected chi connectivity index (χ3v) is 30.3. The molecule has 0 fully saturated rings. The molecule has 149 heavy (non-hydrogen) atoms. The van der Waals surface area contributed by atoms with Crippen LogP contribution in [0.4, 0.5) is 0 Å². The molecule has 6 heterocycles. The molecule has 1 spiro atoms. The smallest absolute Gasteiger partial charge is 0.161 e. The maximum absolute atomic E-state index is 5.19. The predicted octanol–water partition coefficient (Wildman–Crippen LogP) is 34.7. The van der Waals surface area contributed by atoms with Crippen LogP contribution in [0, 0.1) is 0 Å². The highest BCUT2D eigenvalue weighted by Gasteiger charge is 2.52. The molecular formula is C140H97N9. The van der Waals surface area contributed by atoms with E-state index in [2.05, 4.69) is 432 Å². The molecule has 4 aliphatic carbocycles. The summed E-state index contributed by atoms with van der Waals surface area (Å²) in [5.41, 5.74) is 48.8. The van der Waals surface area contributed by atoms with Crippen molar-refractivity contribution in [1.29, 1.82) is 0 Å². The second-order valence-corrected chi connectivity index (χ2v) is 39.8. The second kappa shape index (κ2) is 37.6. The molecule has 0 saturated heterocycles. The molecule has 24 aromatic rings. The molecule has 0 atom stereocenters. The second-order valence-electron chi connectivity index (χ2n) is 39.8. The van der Waals surface area contributed by atoms with Crippen molar-refractivity contribution in [2.24, 2.45) is 0 Å². The summed E-state index contributed by atoms with van der Waals surface area (Å²) >= 11 is 0. The number of nitrogens with zero attached hydrogens (tertiary/aromatic N) is 9. The molecule has 0 amide bonds. The lowest BCUT2D eigenvalue weighted by molar-refractivity contribution is 0.660. The average molecular weight is 1910 g/mol. The summed E-state index contributed by atoms with van der Waals surface area (Å²) < 4.78 is 0. The minimum absolute atomic E-state index is 0.00663. The van der Waals surface area contributed by atoms with E-state index in [1.165, 1.54) is 122 Å². The van der Waals surface area contributed by atoms with Crippen LogP contribution in [-0.2, 0) is 16.2 Å². The summed E-state index contributed by atoms with van der Waals surface area (Å²) in [6, 6.07) is 175. The fourth-order valence-corrected chi connectivity index (χ4v) is 23.0. The zero-order chi connectivity index (χ0) is 99.7. The van der Waals surface area contributed by atoms with Gasteiger partial charge in [0.1, 0.15) is 0 Å². The largest absolute Gasteiger partial charge is 0.265 e. The molecular weight excluding hydrogens is 1810 g/mol. The number of benzene rings is 18. The van der Waals surface area contributed by atoms with E-state index in [9.17, 15) is 0 Å². The van der Waals surface area contributed by atoms with Crippen molar-refractivity contribution in [3.8, 4) is 213 Å². The Morgan fingerprint density at radius 2 is 0.483 bits per heavy atom. The zero-order valence-corrected chi connectivity index (χ0v) is 82.6. The van der Waals surface area contributed by atoms with E-state index in [-0.39, 0.29) is 16.2 Å². The molecule has 0 unspecified atom stereocenters. The van der Waals surface area contributed by atoms with Crippen molar-refractivity contribution in [2.75, 3.05) is 0 Å². The first-order valence-electron chi connectivity index (χ1n) is 50.9. The van der Waals surface area contributed by atoms with Gasteiger partial charge in [0, 0.05) is 96.8 Å². The molecule has 702 valence electrons. The Balaban J connectivity index is 0.000000114. The van der Waals surface area contributed by atoms with Gasteiger partial charge >= 0.3 is 0 Å². The molecule has 4 aliphatic rings. The van der Waals surface area contributed by atoms with Gasteiger partial charge in [-0.2, -0.15) is 0 Å². The van der Waals surface area contributed by atoms with Crippen LogP contribution in [-0.4, -0.2) is 44.9 Å². The highest BCUT2D eigenvalue weighted by Crippen LogP contribution is 2.64. The summed E-state index contributed by atoms with van der Waals surface area (Å²) in [6.07, 6.45) is 7.34. The first kappa shape index (κ1) is 90.0. The molecule has 0 N–H and O–H groups in total. The van der Waals surface area contributed by atoms with Crippen molar-refractivity contribution in [2.45, 2.75) is 43.9 Å². The minimum atomic E-state index is -0.346. The van der Waals surface area contributed by atoms with E-state index in [0.29, 0.717) is 17.5 Å². The van der Waals surface area contributed by atoms with Gasteiger partial charge < -0.3 is 0 Å². The number of pyridine rings is 3. The molecule has 0 saturated carbocycles. The van der Waals surface area contributed by atoms with Crippen LogP contribution < -0.4 is 0 Å². The lowest BCUT2D eigenvalue weighted by atomic mass is 9.70. The number of hydrogen-bond donors (Lipinski definition) is 0. The molecule has 18 aromatic carbocycles. The first-order chi connectivity index (χ1) is 73.3. The van der Waals surface area contributed by atoms with Gasteiger partial charge in [-0.15, -0.1) is 0 Å². The van der Waals surface area contributed by atoms with Gasteiger partial charge in [-0.25, -0.2) is 29.9 Å². The summed E-state index contributed by atoms with van der Waals surface area (Å²) in [4.78, 5) is 44.0. The van der Waals surface area contributed by atoms with Crippen molar-refractivity contribution in [1.82, 2.24) is 44.9 Å². The summed E-state index contributed by atoms with van der Waals surface area (Å²) in [6.45, 7) is 9.36. The third-order valence-electron chi connectivity index (χ3n) is 30.3. The summed E-state index contributed by atoms with van der Waals surface area (Å²) in [5.74, 6) is 2.04. The minimum Gasteiger partial charge on any atom is -0.265 e. The van der Waals surface area contributed by atoms with E-state index < -0.39 is 0 Å². The third kappa shape index (κ3) is 16.4. The lowest BCUT2D eigenvalue weighted by Gasteiger charge is -2.30. The van der Waals surface area contributed by atoms with Crippen LogP contribution in [0.2, 0.25) is 0 Å². The molecule has 9 heteroatoms. The highest BCUT2D eigenvalue weighted by atomic mass is 14.9. The monoisotopic (exact) mass is 1900 g/mol. The van der Waals surface area contributed by atoms with Gasteiger partial charge in [-0.05, 0) is 235 Å². The molecule has 28 rings (SSSR count). The van der Waals surface area contributed by atoms with Crippen LogP contribution in [0.1, 0.15) is 72.2 Å². The van der Waals surface area contributed by atoms with E-state index in [0.717, 1.165) is 129 Å². The number of fused-ring (bicyclic) bond motifs is 18. The van der Waals surface area contributed by atoms with Gasteiger partial charge in [0.2, 0.25) is 0 Å². The van der Waals surface area contributed by atoms with E-state index in [1.807, 2.05) is 122 Å². The van der Waals surface area contributed by atoms with Crippen LogP contribution in [0.3, 0.4) is 0 Å². The van der Waals surface area contributed by atoms with Gasteiger partial charge in [0.25, 0.3) is 0 Å². The Morgan fingerprint density at radius 1 is 0.161 bits per heavy atom. The normalized spacial score (nSPS) is 12.9. The maximum atomic E-state index is 5.19. The number of hydrogen-bond acceptors (Lipinski definition) is 9. The van der Waals surface area contributed by atoms with Crippen molar-refractivity contribution < 1.29 is 0 Å². The average Bonchev–Trinajstić information content (AvgIpc) is 1.50. The van der Waals surface area contributed by atoms with E-state index in [4.69, 9.17) is 34.9 Å². The van der Waals surface area contributed by atoms with Gasteiger partial charge in [0.05, 0.1) is 51.0 Å². The van der Waals surface area contributed by atoms with E-state index >= 15 is 0 Å². The topological polar surface area (TPSA) is 116 Å². The van der Waals surface area contributed by atoms with Crippen molar-refractivity contribution >= 4 is 10.8 Å². The molecule has 9 nitrogen and oxygen atoms in total. The highest BCUT2D eigenvalue weighted by molar-refractivity contribution is 6.00. The lowest BCUT2D eigenvalue weighted by Crippen LogP contribution is -2.25. The Morgan fingerprint density at radius 3 is 0.973 bits per heavy atom. The Labute approximate surface area is 867 Å². The van der Waals surface area contributed by atoms with Gasteiger partial charge in [0.15, 0.2) is 17.5 Å². The van der Waals surface area contributed by atoms with E-state index in [1.54, 1.807) is 0 Å². The van der Waals surface area contributed by atoms with Gasteiger partial charge in [-0.1, -0.05) is 428 Å². The zero-order valence-electron chi connectivity index (χ0n) is 82.6. The molecule has 0 aliphatic heterocycles. The Kier molecular flexibility index (Phi) is 22.7. The van der Waals surface area contributed by atoms with Gasteiger partial charge in [-0.3, -0.25) is 15.0 Å². The summed E-state index contributed by atoms with van der Waals surface area (Å²) in [7, 11) is 0. The van der Waals surface area contributed by atoms with Crippen molar-refractivity contribution in [3.05, 3.63) is 561 Å².